The van der Waals surface area contributed by atoms with Crippen molar-refractivity contribution in [3.63, 3.8) is 0 Å². The lowest BCUT2D eigenvalue weighted by molar-refractivity contribution is -0.123. The molecule has 8 heteroatoms. The largest absolute Gasteiger partial charge is 0.346 e. The molecule has 23 heavy (non-hydrogen) atoms. The molecule has 4 N–H and O–H groups in total. The molecular weight excluding hydrogens is 320 g/mol. The van der Waals surface area contributed by atoms with E-state index in [-0.39, 0.29) is 24.0 Å². The lowest BCUT2D eigenvalue weighted by Crippen LogP contribution is -2.36. The van der Waals surface area contributed by atoms with Gasteiger partial charge in [0.15, 0.2) is 0 Å². The number of carbonyl (C=O) groups is 3. The summed E-state index contributed by atoms with van der Waals surface area (Å²) in [6, 6.07) is 4.66. The molecule has 1 aromatic rings. The molecule has 0 heterocycles. The minimum Gasteiger partial charge on any atom is -0.346 e. The van der Waals surface area contributed by atoms with Crippen LogP contribution in [0.3, 0.4) is 0 Å². The summed E-state index contributed by atoms with van der Waals surface area (Å²) in [5.41, 5.74) is 5.95. The van der Waals surface area contributed by atoms with E-state index >= 15 is 0 Å². The number of carbonyl (C=O) groups excluding carboxylic acids is 3. The molecule has 0 aliphatic carbocycles. The van der Waals surface area contributed by atoms with Crippen molar-refractivity contribution in [3.05, 3.63) is 28.8 Å². The monoisotopic (exact) mass is 340 g/mol. The molecule has 3 amide bonds. The zero-order chi connectivity index (χ0) is 17.4. The Hall–Kier alpha value is -2.12. The summed E-state index contributed by atoms with van der Waals surface area (Å²) in [6.45, 7) is 4.59. The number of nitrogens with one attached hydrogen (secondary N) is 2. The van der Waals surface area contributed by atoms with Crippen molar-refractivity contribution in [2.24, 2.45) is 5.73 Å². The fourth-order valence-electron chi connectivity index (χ4n) is 1.90. The zero-order valence-electron chi connectivity index (χ0n) is 13.2. The summed E-state index contributed by atoms with van der Waals surface area (Å²) >= 11 is 6.13. The van der Waals surface area contributed by atoms with Crippen LogP contribution in [0.5, 0.6) is 0 Å². The summed E-state index contributed by atoms with van der Waals surface area (Å²) in [4.78, 5) is 36.6. The van der Waals surface area contributed by atoms with Crippen LogP contribution in [0.1, 0.15) is 24.2 Å². The molecule has 0 aliphatic rings. The van der Waals surface area contributed by atoms with E-state index in [0.717, 1.165) is 0 Å². The molecule has 7 nitrogen and oxygen atoms in total. The number of rotatable bonds is 7. The van der Waals surface area contributed by atoms with Crippen LogP contribution in [0, 0.1) is 0 Å². The van der Waals surface area contributed by atoms with Crippen molar-refractivity contribution in [1.29, 1.82) is 0 Å². The highest BCUT2D eigenvalue weighted by molar-refractivity contribution is 6.34. The average Bonchev–Trinajstić information content (AvgIpc) is 2.53. The molecule has 0 aromatic heterocycles. The fourth-order valence-corrected chi connectivity index (χ4v) is 2.17. The van der Waals surface area contributed by atoms with E-state index in [1.807, 2.05) is 13.8 Å². The Morgan fingerprint density at radius 3 is 2.35 bits per heavy atom. The second-order valence-electron chi connectivity index (χ2n) is 4.70. The van der Waals surface area contributed by atoms with E-state index in [0.29, 0.717) is 24.3 Å². The summed E-state index contributed by atoms with van der Waals surface area (Å²) in [6.07, 6.45) is 0. The van der Waals surface area contributed by atoms with E-state index < -0.39 is 11.8 Å². The number of nitrogens with zero attached hydrogens (tertiary/aromatic N) is 1. The van der Waals surface area contributed by atoms with Gasteiger partial charge >= 0.3 is 0 Å². The topological polar surface area (TPSA) is 105 Å². The number of amides is 3. The quantitative estimate of drug-likeness (QED) is 0.684. The van der Waals surface area contributed by atoms with E-state index in [2.05, 4.69) is 10.6 Å². The summed E-state index contributed by atoms with van der Waals surface area (Å²) in [5, 5.41) is 5.19. The van der Waals surface area contributed by atoms with Crippen LogP contribution in [0.4, 0.5) is 5.69 Å². The van der Waals surface area contributed by atoms with Crippen molar-refractivity contribution in [1.82, 2.24) is 10.2 Å². The standard InChI is InChI=1S/C15H21ClN4O3/c1-3-20(4-2)15(23)11-6-5-10(7-12(11)16)19-14(22)9-18-13(21)8-17/h5-7H,3-4,8-9,17H2,1-2H3,(H,18,21)(H,19,22). The lowest BCUT2D eigenvalue weighted by atomic mass is 10.1. The van der Waals surface area contributed by atoms with E-state index in [9.17, 15) is 14.4 Å². The van der Waals surface area contributed by atoms with Crippen molar-refractivity contribution in [2.45, 2.75) is 13.8 Å². The third kappa shape index (κ3) is 5.54. The highest BCUT2D eigenvalue weighted by atomic mass is 35.5. The third-order valence-corrected chi connectivity index (χ3v) is 3.48. The molecule has 0 fully saturated rings. The maximum absolute atomic E-state index is 12.3. The van der Waals surface area contributed by atoms with Gasteiger partial charge in [-0.3, -0.25) is 14.4 Å². The smallest absolute Gasteiger partial charge is 0.255 e. The van der Waals surface area contributed by atoms with Gasteiger partial charge in [-0.1, -0.05) is 11.6 Å². The van der Waals surface area contributed by atoms with E-state index in [1.54, 1.807) is 17.0 Å². The first-order valence-electron chi connectivity index (χ1n) is 7.28. The first-order chi connectivity index (χ1) is 10.9. The molecule has 0 radical (unpaired) electrons. The summed E-state index contributed by atoms with van der Waals surface area (Å²) in [7, 11) is 0. The normalized spacial score (nSPS) is 10.1. The number of hydrogen-bond acceptors (Lipinski definition) is 4. The maximum atomic E-state index is 12.3. The van der Waals surface area contributed by atoms with Crippen LogP contribution < -0.4 is 16.4 Å². The number of halogens is 1. The van der Waals surface area contributed by atoms with Gasteiger partial charge in [0.05, 0.1) is 23.7 Å². The molecule has 1 rings (SSSR count). The highest BCUT2D eigenvalue weighted by Crippen LogP contribution is 2.22. The number of nitrogens with two attached hydrogens (primary N) is 1. The Balaban J connectivity index is 2.74. The van der Waals surface area contributed by atoms with Gasteiger partial charge in [-0.25, -0.2) is 0 Å². The Kier molecular flexibility index (Phi) is 7.50. The minimum absolute atomic E-state index is 0.159. The van der Waals surface area contributed by atoms with Crippen molar-refractivity contribution in [2.75, 3.05) is 31.5 Å². The molecule has 0 aliphatic heterocycles. The van der Waals surface area contributed by atoms with Crippen molar-refractivity contribution < 1.29 is 14.4 Å². The second-order valence-corrected chi connectivity index (χ2v) is 5.11. The van der Waals surface area contributed by atoms with Crippen LogP contribution >= 0.6 is 11.6 Å². The molecule has 0 unspecified atom stereocenters. The van der Waals surface area contributed by atoms with Crippen molar-refractivity contribution >= 4 is 35.0 Å². The van der Waals surface area contributed by atoms with Crippen LogP contribution in [-0.2, 0) is 9.59 Å². The molecule has 0 bridgehead atoms. The van der Waals surface area contributed by atoms with Gasteiger partial charge in [0.2, 0.25) is 11.8 Å². The predicted octanol–water partition coefficient (Wildman–Crippen LogP) is 0.835. The number of hydrogen-bond donors (Lipinski definition) is 3. The zero-order valence-corrected chi connectivity index (χ0v) is 13.9. The number of benzene rings is 1. The molecule has 126 valence electrons. The van der Waals surface area contributed by atoms with Gasteiger partial charge in [0.1, 0.15) is 0 Å². The molecule has 0 saturated heterocycles. The summed E-state index contributed by atoms with van der Waals surface area (Å²) in [5.74, 6) is -0.989. The van der Waals surface area contributed by atoms with Gasteiger partial charge in [-0.15, -0.1) is 0 Å². The number of anilines is 1. The van der Waals surface area contributed by atoms with E-state index in [4.69, 9.17) is 17.3 Å². The Morgan fingerprint density at radius 2 is 1.83 bits per heavy atom. The van der Waals surface area contributed by atoms with Crippen molar-refractivity contribution in [3.8, 4) is 0 Å². The molecule has 0 spiro atoms. The van der Waals surface area contributed by atoms with E-state index in [1.165, 1.54) is 6.07 Å². The van der Waals surface area contributed by atoms with Gasteiger partial charge < -0.3 is 21.3 Å². The molecule has 0 atom stereocenters. The first-order valence-corrected chi connectivity index (χ1v) is 7.66. The summed E-state index contributed by atoms with van der Waals surface area (Å²) < 4.78 is 0. The van der Waals surface area contributed by atoms with Gasteiger partial charge in [0, 0.05) is 18.8 Å². The molecule has 1 aromatic carbocycles. The highest BCUT2D eigenvalue weighted by Gasteiger charge is 2.16. The van der Waals surface area contributed by atoms with Crippen LogP contribution in [0.15, 0.2) is 18.2 Å². The van der Waals surface area contributed by atoms with Crippen LogP contribution in [0.2, 0.25) is 5.02 Å². The predicted molar refractivity (Wildman–Crippen MR) is 89.4 cm³/mol. The van der Waals surface area contributed by atoms with Gasteiger partial charge in [0.25, 0.3) is 5.91 Å². The fraction of sp³-hybridized carbons (Fsp3) is 0.400. The molecular formula is C15H21ClN4O3. The first kappa shape index (κ1) is 18.9. The SMILES string of the molecule is CCN(CC)C(=O)c1ccc(NC(=O)CNC(=O)CN)cc1Cl. The van der Waals surface area contributed by atoms with Gasteiger partial charge in [-0.2, -0.15) is 0 Å². The Labute approximate surface area is 140 Å². The van der Waals surface area contributed by atoms with Crippen LogP contribution in [0.25, 0.3) is 0 Å². The molecule has 0 saturated carbocycles. The Bertz CT molecular complexity index is 588. The van der Waals surface area contributed by atoms with Crippen LogP contribution in [-0.4, -0.2) is 48.8 Å². The Morgan fingerprint density at radius 1 is 1.17 bits per heavy atom. The lowest BCUT2D eigenvalue weighted by Gasteiger charge is -2.19. The maximum Gasteiger partial charge on any atom is 0.255 e. The van der Waals surface area contributed by atoms with Gasteiger partial charge in [-0.05, 0) is 32.0 Å². The average molecular weight is 341 g/mol. The second kappa shape index (κ2) is 9.12. The third-order valence-electron chi connectivity index (χ3n) is 3.17. The minimum atomic E-state index is -0.418.